The Morgan fingerprint density at radius 2 is 1.63 bits per heavy atom. The first-order chi connectivity index (χ1) is 8.93. The van der Waals surface area contributed by atoms with Crippen LogP contribution in [0.5, 0.6) is 0 Å². The zero-order chi connectivity index (χ0) is 14.2. The third-order valence-electron chi connectivity index (χ3n) is 2.54. The standard InChI is InChI=1S/C11H9N3O5/c12-8(15)5-13(11(18)19)14-9(16)6-3-1-2-4-7(6)10(14)17/h1-4H,5H2,(H2,12,15)(H,18,19). The fraction of sp³-hybridized carbons (Fsp3) is 0.0909. The molecule has 98 valence electrons. The predicted octanol–water partition coefficient (Wildman–Crippen LogP) is -0.337. The van der Waals surface area contributed by atoms with Crippen molar-refractivity contribution in [3.8, 4) is 0 Å². The van der Waals surface area contributed by atoms with Crippen molar-refractivity contribution in [2.75, 3.05) is 6.54 Å². The number of imide groups is 1. The molecule has 1 aromatic carbocycles. The van der Waals surface area contributed by atoms with Gasteiger partial charge < -0.3 is 10.8 Å². The molecule has 0 aliphatic carbocycles. The molecule has 1 aromatic rings. The van der Waals surface area contributed by atoms with Gasteiger partial charge in [-0.15, -0.1) is 0 Å². The summed E-state index contributed by atoms with van der Waals surface area (Å²) in [7, 11) is 0. The summed E-state index contributed by atoms with van der Waals surface area (Å²) in [5.41, 5.74) is 5.07. The maximum atomic E-state index is 12.0. The molecule has 1 heterocycles. The summed E-state index contributed by atoms with van der Waals surface area (Å²) >= 11 is 0. The van der Waals surface area contributed by atoms with Gasteiger partial charge in [0.15, 0.2) is 0 Å². The highest BCUT2D eigenvalue weighted by Gasteiger charge is 2.41. The Kier molecular flexibility index (Phi) is 2.91. The lowest BCUT2D eigenvalue weighted by atomic mass is 10.1. The van der Waals surface area contributed by atoms with E-state index in [9.17, 15) is 19.2 Å². The highest BCUT2D eigenvalue weighted by atomic mass is 16.4. The highest BCUT2D eigenvalue weighted by Crippen LogP contribution is 2.23. The summed E-state index contributed by atoms with van der Waals surface area (Å²) in [5, 5.41) is 9.67. The molecule has 0 saturated heterocycles. The molecule has 0 spiro atoms. The number of hydrogen-bond donors (Lipinski definition) is 2. The lowest BCUT2D eigenvalue weighted by Gasteiger charge is -2.25. The quantitative estimate of drug-likeness (QED) is 0.723. The molecule has 2 rings (SSSR count). The Labute approximate surface area is 107 Å². The molecule has 0 aromatic heterocycles. The van der Waals surface area contributed by atoms with Gasteiger partial charge in [0.1, 0.15) is 6.54 Å². The minimum atomic E-state index is -1.62. The van der Waals surface area contributed by atoms with Crippen LogP contribution in [0.3, 0.4) is 0 Å². The van der Waals surface area contributed by atoms with Gasteiger partial charge in [-0.25, -0.2) is 4.79 Å². The topological polar surface area (TPSA) is 121 Å². The molecule has 19 heavy (non-hydrogen) atoms. The van der Waals surface area contributed by atoms with Crippen molar-refractivity contribution in [2.24, 2.45) is 5.73 Å². The number of fused-ring (bicyclic) bond motifs is 1. The van der Waals surface area contributed by atoms with Crippen molar-refractivity contribution in [1.82, 2.24) is 10.0 Å². The van der Waals surface area contributed by atoms with Crippen molar-refractivity contribution in [3.05, 3.63) is 35.4 Å². The van der Waals surface area contributed by atoms with Crippen molar-refractivity contribution < 1.29 is 24.3 Å². The summed E-state index contributed by atoms with van der Waals surface area (Å²) in [4.78, 5) is 45.8. The average molecular weight is 263 g/mol. The van der Waals surface area contributed by atoms with E-state index >= 15 is 0 Å². The van der Waals surface area contributed by atoms with E-state index in [-0.39, 0.29) is 11.1 Å². The van der Waals surface area contributed by atoms with Gasteiger partial charge in [0.2, 0.25) is 5.91 Å². The van der Waals surface area contributed by atoms with Crippen molar-refractivity contribution in [2.45, 2.75) is 0 Å². The van der Waals surface area contributed by atoms with E-state index in [1.165, 1.54) is 12.1 Å². The number of carbonyl (C=O) groups is 4. The number of nitrogens with two attached hydrogens (primary N) is 1. The lowest BCUT2D eigenvalue weighted by molar-refractivity contribution is -0.120. The Hall–Kier alpha value is -2.90. The first-order valence-corrected chi connectivity index (χ1v) is 5.20. The Morgan fingerprint density at radius 1 is 1.16 bits per heavy atom. The van der Waals surface area contributed by atoms with E-state index in [1.807, 2.05) is 0 Å². The molecule has 0 fully saturated rings. The summed E-state index contributed by atoms with van der Waals surface area (Å²) in [5.74, 6) is -2.58. The van der Waals surface area contributed by atoms with E-state index < -0.39 is 30.4 Å². The largest absolute Gasteiger partial charge is 0.464 e. The molecule has 1 aliphatic heterocycles. The second-order valence-electron chi connectivity index (χ2n) is 3.77. The zero-order valence-corrected chi connectivity index (χ0v) is 9.57. The molecular formula is C11H9N3O5. The van der Waals surface area contributed by atoms with Crippen LogP contribution < -0.4 is 5.73 Å². The predicted molar refractivity (Wildman–Crippen MR) is 60.9 cm³/mol. The van der Waals surface area contributed by atoms with Crippen molar-refractivity contribution in [1.29, 1.82) is 0 Å². The van der Waals surface area contributed by atoms with Crippen LogP contribution >= 0.6 is 0 Å². The van der Waals surface area contributed by atoms with E-state index in [1.54, 1.807) is 12.1 Å². The van der Waals surface area contributed by atoms with Crippen LogP contribution in [0.15, 0.2) is 24.3 Å². The number of hydrogen-bond acceptors (Lipinski definition) is 4. The molecule has 0 unspecified atom stereocenters. The van der Waals surface area contributed by atoms with Gasteiger partial charge in [-0.3, -0.25) is 14.4 Å². The zero-order valence-electron chi connectivity index (χ0n) is 9.57. The minimum Gasteiger partial charge on any atom is -0.464 e. The van der Waals surface area contributed by atoms with Crippen LogP contribution in [0.1, 0.15) is 20.7 Å². The second kappa shape index (κ2) is 4.41. The maximum Gasteiger partial charge on any atom is 0.427 e. The van der Waals surface area contributed by atoms with Crippen LogP contribution in [0.25, 0.3) is 0 Å². The minimum absolute atomic E-state index is 0.0863. The van der Waals surface area contributed by atoms with E-state index in [0.717, 1.165) is 0 Å². The molecule has 0 bridgehead atoms. The number of carboxylic acid groups (broad SMARTS) is 1. The molecule has 1 aliphatic rings. The Morgan fingerprint density at radius 3 is 2.00 bits per heavy atom. The van der Waals surface area contributed by atoms with Crippen LogP contribution in [0.2, 0.25) is 0 Å². The van der Waals surface area contributed by atoms with Crippen molar-refractivity contribution in [3.63, 3.8) is 0 Å². The molecular weight excluding hydrogens is 254 g/mol. The van der Waals surface area contributed by atoms with Gasteiger partial charge in [0.25, 0.3) is 11.8 Å². The van der Waals surface area contributed by atoms with Crippen LogP contribution in [-0.4, -0.2) is 45.5 Å². The van der Waals surface area contributed by atoms with Gasteiger partial charge in [-0.1, -0.05) is 12.1 Å². The van der Waals surface area contributed by atoms with E-state index in [0.29, 0.717) is 10.0 Å². The van der Waals surface area contributed by atoms with Crippen molar-refractivity contribution >= 4 is 23.8 Å². The van der Waals surface area contributed by atoms with Crippen LogP contribution in [0.4, 0.5) is 4.79 Å². The average Bonchev–Trinajstić information content (AvgIpc) is 2.60. The smallest absolute Gasteiger partial charge is 0.427 e. The number of hydrazine groups is 1. The van der Waals surface area contributed by atoms with Gasteiger partial charge in [-0.05, 0) is 12.1 Å². The highest BCUT2D eigenvalue weighted by molar-refractivity contribution is 6.21. The molecule has 0 radical (unpaired) electrons. The number of rotatable bonds is 3. The summed E-state index contributed by atoms with van der Waals surface area (Å²) in [6.07, 6.45) is -1.62. The van der Waals surface area contributed by atoms with Gasteiger partial charge in [0, 0.05) is 0 Å². The van der Waals surface area contributed by atoms with E-state index in [2.05, 4.69) is 0 Å². The van der Waals surface area contributed by atoms with Crippen LogP contribution in [0, 0.1) is 0 Å². The number of benzene rings is 1. The van der Waals surface area contributed by atoms with Gasteiger partial charge >= 0.3 is 6.09 Å². The van der Waals surface area contributed by atoms with Crippen LogP contribution in [-0.2, 0) is 4.79 Å². The van der Waals surface area contributed by atoms with Gasteiger partial charge in [-0.2, -0.15) is 10.0 Å². The maximum absolute atomic E-state index is 12.0. The molecule has 4 amide bonds. The third-order valence-corrected chi connectivity index (χ3v) is 2.54. The second-order valence-corrected chi connectivity index (χ2v) is 3.77. The summed E-state index contributed by atoms with van der Waals surface area (Å²) < 4.78 is 0. The summed E-state index contributed by atoms with van der Waals surface area (Å²) in [6, 6.07) is 5.90. The Balaban J connectivity index is 2.42. The number of amides is 4. The molecule has 8 heteroatoms. The molecule has 8 nitrogen and oxygen atoms in total. The molecule has 3 N–H and O–H groups in total. The fourth-order valence-corrected chi connectivity index (χ4v) is 1.77. The first kappa shape index (κ1) is 12.6. The number of nitrogens with zero attached hydrogens (tertiary/aromatic N) is 2. The Bertz CT molecular complexity index is 563. The third kappa shape index (κ3) is 1.99. The fourth-order valence-electron chi connectivity index (χ4n) is 1.77. The molecule has 0 atom stereocenters. The normalized spacial score (nSPS) is 13.4. The van der Waals surface area contributed by atoms with E-state index in [4.69, 9.17) is 10.8 Å². The monoisotopic (exact) mass is 263 g/mol. The number of carbonyl (C=O) groups excluding carboxylic acids is 3. The number of primary amides is 1. The van der Waals surface area contributed by atoms with Gasteiger partial charge in [0.05, 0.1) is 11.1 Å². The summed E-state index contributed by atoms with van der Waals surface area (Å²) in [6.45, 7) is -0.777. The SMILES string of the molecule is NC(=O)CN(C(=O)O)N1C(=O)c2ccccc2C1=O. The lowest BCUT2D eigenvalue weighted by Crippen LogP contribution is -2.52. The molecule has 0 saturated carbocycles. The first-order valence-electron chi connectivity index (χ1n) is 5.20.